The number of benzene rings is 2. The van der Waals surface area contributed by atoms with Crippen molar-refractivity contribution in [2.24, 2.45) is 5.41 Å². The van der Waals surface area contributed by atoms with Crippen LogP contribution in [0.4, 0.5) is 0 Å². The molecule has 2 aromatic carbocycles. The third-order valence-corrected chi connectivity index (χ3v) is 6.06. The van der Waals surface area contributed by atoms with Crippen molar-refractivity contribution < 1.29 is 4.79 Å². The van der Waals surface area contributed by atoms with Crippen LogP contribution in [0.3, 0.4) is 0 Å². The zero-order valence-electron chi connectivity index (χ0n) is 16.0. The van der Waals surface area contributed by atoms with Crippen LogP contribution in [-0.4, -0.2) is 10.4 Å². The Bertz CT molecular complexity index is 1070. The van der Waals surface area contributed by atoms with Crippen molar-refractivity contribution in [2.45, 2.75) is 38.6 Å². The summed E-state index contributed by atoms with van der Waals surface area (Å²) in [6.45, 7) is 4.64. The Hall–Kier alpha value is -3.12. The smallest absolute Gasteiger partial charge is 0.171 e. The van der Waals surface area contributed by atoms with Gasteiger partial charge in [0.05, 0.1) is 6.07 Å². The summed E-state index contributed by atoms with van der Waals surface area (Å²) in [5, 5.41) is 10.1. The summed E-state index contributed by atoms with van der Waals surface area (Å²) in [6.07, 6.45) is 5.09. The Morgan fingerprint density at radius 3 is 2.64 bits per heavy atom. The molecule has 3 nitrogen and oxygen atoms in total. The molecule has 0 saturated carbocycles. The first-order chi connectivity index (χ1) is 13.7. The van der Waals surface area contributed by atoms with Crippen LogP contribution < -0.4 is 0 Å². The Balaban J connectivity index is 1.86. The standard InChI is InChI=1S/C25H24N2O/c1-2-14-25(15-8-17-26)16-13-22-23(24(25)28)20-11-6-7-12-21(20)27(22)18-19-9-4-3-5-10-19/h2-7,9-12H,1,8,13-16,18H2. The second-order valence-corrected chi connectivity index (χ2v) is 7.67. The SMILES string of the molecule is C=CCC1(CCC#N)CCc2c(c3ccccc3n2Cc2ccccc2)C1=O. The number of rotatable bonds is 6. The third kappa shape index (κ3) is 2.96. The number of Topliss-reactive ketones (excluding diaryl/α,β-unsaturated/α-hetero) is 1. The van der Waals surface area contributed by atoms with Crippen LogP contribution in [0.1, 0.15) is 47.3 Å². The lowest BCUT2D eigenvalue weighted by Crippen LogP contribution is -2.36. The molecule has 0 bridgehead atoms. The molecule has 0 fully saturated rings. The van der Waals surface area contributed by atoms with Gasteiger partial charge in [-0.05, 0) is 37.3 Å². The Kier molecular flexibility index (Phi) is 4.88. The summed E-state index contributed by atoms with van der Waals surface area (Å²) in [5.41, 5.74) is 3.83. The van der Waals surface area contributed by atoms with Gasteiger partial charge >= 0.3 is 0 Å². The molecule has 4 rings (SSSR count). The molecule has 1 atom stereocenters. The van der Waals surface area contributed by atoms with E-state index in [-0.39, 0.29) is 5.78 Å². The van der Waals surface area contributed by atoms with E-state index in [0.29, 0.717) is 19.3 Å². The van der Waals surface area contributed by atoms with Crippen molar-refractivity contribution in [2.75, 3.05) is 0 Å². The van der Waals surface area contributed by atoms with E-state index in [1.807, 2.05) is 24.3 Å². The van der Waals surface area contributed by atoms with E-state index in [1.54, 1.807) is 0 Å². The van der Waals surface area contributed by atoms with Crippen LogP contribution >= 0.6 is 0 Å². The number of aromatic nitrogens is 1. The molecule has 0 N–H and O–H groups in total. The predicted molar refractivity (Wildman–Crippen MR) is 112 cm³/mol. The highest BCUT2D eigenvalue weighted by atomic mass is 16.1. The fraction of sp³-hybridized carbons (Fsp3) is 0.280. The van der Waals surface area contributed by atoms with Gasteiger partial charge in [-0.1, -0.05) is 54.6 Å². The first-order valence-electron chi connectivity index (χ1n) is 9.87. The molecule has 0 radical (unpaired) electrons. The van der Waals surface area contributed by atoms with E-state index in [2.05, 4.69) is 53.6 Å². The minimum atomic E-state index is -0.494. The zero-order chi connectivity index (χ0) is 19.6. The average molecular weight is 368 g/mol. The number of para-hydroxylation sites is 1. The minimum Gasteiger partial charge on any atom is -0.339 e. The lowest BCUT2D eigenvalue weighted by atomic mass is 9.67. The Morgan fingerprint density at radius 1 is 1.14 bits per heavy atom. The fourth-order valence-corrected chi connectivity index (χ4v) is 4.66. The van der Waals surface area contributed by atoms with Crippen LogP contribution in [0.2, 0.25) is 0 Å². The number of fused-ring (bicyclic) bond motifs is 3. The molecular formula is C25H24N2O. The molecule has 1 aromatic heterocycles. The Labute approximate surface area is 165 Å². The maximum absolute atomic E-state index is 13.7. The number of ketones is 1. The number of allylic oxidation sites excluding steroid dienone is 1. The molecular weight excluding hydrogens is 344 g/mol. The van der Waals surface area contributed by atoms with Crippen molar-refractivity contribution in [1.82, 2.24) is 4.57 Å². The highest BCUT2D eigenvalue weighted by molar-refractivity contribution is 6.13. The van der Waals surface area contributed by atoms with Gasteiger partial charge in [0.1, 0.15) is 0 Å². The quantitative estimate of drug-likeness (QED) is 0.525. The van der Waals surface area contributed by atoms with E-state index < -0.39 is 5.41 Å². The normalized spacial score (nSPS) is 18.6. The maximum Gasteiger partial charge on any atom is 0.171 e. The number of nitriles is 1. The average Bonchev–Trinajstić information content (AvgIpc) is 3.04. The van der Waals surface area contributed by atoms with Crippen molar-refractivity contribution in [3.05, 3.63) is 84.1 Å². The second kappa shape index (κ2) is 7.48. The van der Waals surface area contributed by atoms with Crippen LogP contribution in [-0.2, 0) is 13.0 Å². The van der Waals surface area contributed by atoms with E-state index in [1.165, 1.54) is 5.56 Å². The van der Waals surface area contributed by atoms with Gasteiger partial charge in [-0.2, -0.15) is 5.26 Å². The van der Waals surface area contributed by atoms with Crippen molar-refractivity contribution >= 4 is 16.7 Å². The number of hydrogen-bond acceptors (Lipinski definition) is 2. The summed E-state index contributed by atoms with van der Waals surface area (Å²) in [6, 6.07) is 20.8. The summed E-state index contributed by atoms with van der Waals surface area (Å²) >= 11 is 0. The molecule has 0 amide bonds. The first kappa shape index (κ1) is 18.3. The lowest BCUT2D eigenvalue weighted by Gasteiger charge is -2.35. The zero-order valence-corrected chi connectivity index (χ0v) is 16.0. The van der Waals surface area contributed by atoms with Gasteiger partial charge in [-0.25, -0.2) is 0 Å². The topological polar surface area (TPSA) is 45.8 Å². The van der Waals surface area contributed by atoms with Gasteiger partial charge in [-0.3, -0.25) is 4.79 Å². The second-order valence-electron chi connectivity index (χ2n) is 7.67. The highest BCUT2D eigenvalue weighted by Gasteiger charge is 2.43. The molecule has 1 aliphatic carbocycles. The molecule has 1 aliphatic rings. The summed E-state index contributed by atoms with van der Waals surface area (Å²) < 4.78 is 2.31. The number of carbonyl (C=O) groups excluding carboxylic acids is 1. The van der Waals surface area contributed by atoms with Gasteiger partial charge in [0.2, 0.25) is 0 Å². The first-order valence-corrected chi connectivity index (χ1v) is 9.87. The number of carbonyl (C=O) groups is 1. The molecule has 1 heterocycles. The molecule has 140 valence electrons. The lowest BCUT2D eigenvalue weighted by molar-refractivity contribution is 0.0744. The van der Waals surface area contributed by atoms with Crippen molar-refractivity contribution in [1.29, 1.82) is 5.26 Å². The predicted octanol–water partition coefficient (Wildman–Crippen LogP) is 5.68. The largest absolute Gasteiger partial charge is 0.339 e. The molecule has 0 aliphatic heterocycles. The van der Waals surface area contributed by atoms with Crippen LogP contribution in [0, 0.1) is 16.7 Å². The molecule has 1 unspecified atom stereocenters. The van der Waals surface area contributed by atoms with E-state index in [0.717, 1.165) is 41.5 Å². The minimum absolute atomic E-state index is 0.187. The molecule has 0 saturated heterocycles. The fourth-order valence-electron chi connectivity index (χ4n) is 4.66. The summed E-state index contributed by atoms with van der Waals surface area (Å²) in [5.74, 6) is 0.187. The van der Waals surface area contributed by atoms with E-state index in [4.69, 9.17) is 5.26 Å². The van der Waals surface area contributed by atoms with Crippen LogP contribution in [0.5, 0.6) is 0 Å². The molecule has 3 aromatic rings. The van der Waals surface area contributed by atoms with Crippen molar-refractivity contribution in [3.63, 3.8) is 0 Å². The van der Waals surface area contributed by atoms with Crippen molar-refractivity contribution in [3.8, 4) is 6.07 Å². The van der Waals surface area contributed by atoms with Gasteiger partial charge in [0.25, 0.3) is 0 Å². The number of hydrogen-bond donors (Lipinski definition) is 0. The summed E-state index contributed by atoms with van der Waals surface area (Å²) in [7, 11) is 0. The van der Waals surface area contributed by atoms with E-state index >= 15 is 0 Å². The van der Waals surface area contributed by atoms with Gasteiger partial charge < -0.3 is 4.57 Å². The monoisotopic (exact) mass is 368 g/mol. The molecule has 28 heavy (non-hydrogen) atoms. The molecule has 0 spiro atoms. The van der Waals surface area contributed by atoms with Gasteiger partial charge in [-0.15, -0.1) is 6.58 Å². The van der Waals surface area contributed by atoms with Crippen LogP contribution in [0.15, 0.2) is 67.3 Å². The highest BCUT2D eigenvalue weighted by Crippen LogP contribution is 2.45. The van der Waals surface area contributed by atoms with Gasteiger partial charge in [0, 0.05) is 40.5 Å². The summed E-state index contributed by atoms with van der Waals surface area (Å²) in [4.78, 5) is 13.7. The number of nitrogens with zero attached hydrogens (tertiary/aromatic N) is 2. The maximum atomic E-state index is 13.7. The van der Waals surface area contributed by atoms with E-state index in [9.17, 15) is 4.79 Å². The third-order valence-electron chi connectivity index (χ3n) is 6.06. The molecule has 3 heteroatoms. The van der Waals surface area contributed by atoms with Gasteiger partial charge in [0.15, 0.2) is 5.78 Å². The Morgan fingerprint density at radius 2 is 1.89 bits per heavy atom. The van der Waals surface area contributed by atoms with Crippen LogP contribution in [0.25, 0.3) is 10.9 Å².